The Balaban J connectivity index is 1.71. The Kier molecular flexibility index (Phi) is 4.16. The molecule has 0 atom stereocenters. The van der Waals surface area contributed by atoms with Crippen molar-refractivity contribution in [3.63, 3.8) is 0 Å². The summed E-state index contributed by atoms with van der Waals surface area (Å²) in [6.45, 7) is 1.72. The van der Waals surface area contributed by atoms with Gasteiger partial charge in [0.1, 0.15) is 23.3 Å². The summed E-state index contributed by atoms with van der Waals surface area (Å²) in [5.74, 6) is 0.878. The number of nitrogens with one attached hydrogen (secondary N) is 2. The second-order valence-electron chi connectivity index (χ2n) is 4.85. The molecule has 0 unspecified atom stereocenters. The van der Waals surface area contributed by atoms with E-state index in [1.807, 2.05) is 0 Å². The molecule has 0 saturated carbocycles. The van der Waals surface area contributed by atoms with Gasteiger partial charge in [-0.05, 0) is 19.1 Å². The largest absolute Gasteiger partial charge is 0.360 e. The molecule has 2 N–H and O–H groups in total. The number of nitrogens with zero attached hydrogens (tertiary/aromatic N) is 4. The van der Waals surface area contributed by atoms with Crippen molar-refractivity contribution >= 4 is 23.2 Å². The van der Waals surface area contributed by atoms with Crippen LogP contribution in [0.3, 0.4) is 0 Å². The van der Waals surface area contributed by atoms with Gasteiger partial charge in [-0.2, -0.15) is 5.26 Å². The van der Waals surface area contributed by atoms with Crippen LogP contribution in [0.1, 0.15) is 21.8 Å². The van der Waals surface area contributed by atoms with Crippen molar-refractivity contribution in [1.82, 2.24) is 15.1 Å². The third-order valence-electron chi connectivity index (χ3n) is 3.06. The van der Waals surface area contributed by atoms with E-state index in [0.717, 1.165) is 0 Å². The third-order valence-corrected chi connectivity index (χ3v) is 3.06. The monoisotopic (exact) mass is 320 g/mol. The van der Waals surface area contributed by atoms with E-state index in [-0.39, 0.29) is 5.69 Å². The van der Waals surface area contributed by atoms with Gasteiger partial charge in [0.15, 0.2) is 5.82 Å². The number of para-hydroxylation sites is 1. The summed E-state index contributed by atoms with van der Waals surface area (Å²) in [7, 11) is 0. The molecule has 0 spiro atoms. The molecule has 0 aliphatic carbocycles. The Bertz CT molecular complexity index is 911. The van der Waals surface area contributed by atoms with Gasteiger partial charge in [-0.3, -0.25) is 4.79 Å². The molecule has 3 aromatic rings. The van der Waals surface area contributed by atoms with Gasteiger partial charge >= 0.3 is 0 Å². The van der Waals surface area contributed by atoms with E-state index < -0.39 is 5.91 Å². The average molecular weight is 320 g/mol. The normalized spacial score (nSPS) is 10.0. The quantitative estimate of drug-likeness (QED) is 0.758. The Morgan fingerprint density at radius 3 is 2.71 bits per heavy atom. The van der Waals surface area contributed by atoms with E-state index in [9.17, 15) is 4.79 Å². The first-order valence-corrected chi connectivity index (χ1v) is 6.98. The predicted octanol–water partition coefficient (Wildman–Crippen LogP) is 2.64. The van der Waals surface area contributed by atoms with Gasteiger partial charge in [-0.25, -0.2) is 9.97 Å². The van der Waals surface area contributed by atoms with E-state index in [1.165, 1.54) is 12.4 Å². The maximum atomic E-state index is 12.0. The first kappa shape index (κ1) is 15.2. The summed E-state index contributed by atoms with van der Waals surface area (Å²) < 4.78 is 4.87. The summed E-state index contributed by atoms with van der Waals surface area (Å²) in [4.78, 5) is 20.2. The van der Waals surface area contributed by atoms with Crippen molar-refractivity contribution in [3.05, 3.63) is 59.7 Å². The zero-order chi connectivity index (χ0) is 16.9. The fourth-order valence-corrected chi connectivity index (χ4v) is 1.94. The average Bonchev–Trinajstić information content (AvgIpc) is 3.01. The van der Waals surface area contributed by atoms with Crippen LogP contribution in [-0.2, 0) is 0 Å². The molecule has 118 valence electrons. The van der Waals surface area contributed by atoms with Gasteiger partial charge in [0.05, 0.1) is 23.6 Å². The molecular weight excluding hydrogens is 308 g/mol. The van der Waals surface area contributed by atoms with Crippen LogP contribution in [0.2, 0.25) is 0 Å². The Morgan fingerprint density at radius 1 is 1.21 bits per heavy atom. The fraction of sp³-hybridized carbons (Fsp3) is 0.0625. The number of nitriles is 1. The summed E-state index contributed by atoms with van der Waals surface area (Å²) >= 11 is 0. The Labute approximate surface area is 137 Å². The number of anilines is 3. The molecular formula is C16H12N6O2. The number of rotatable bonds is 4. The Morgan fingerprint density at radius 2 is 2.04 bits per heavy atom. The van der Waals surface area contributed by atoms with E-state index >= 15 is 0 Å². The Hall–Kier alpha value is -3.73. The highest BCUT2D eigenvalue weighted by atomic mass is 16.5. The lowest BCUT2D eigenvalue weighted by Gasteiger charge is -2.07. The molecule has 0 aliphatic rings. The molecule has 24 heavy (non-hydrogen) atoms. The second-order valence-corrected chi connectivity index (χ2v) is 4.85. The van der Waals surface area contributed by atoms with Crippen molar-refractivity contribution in [2.45, 2.75) is 6.92 Å². The minimum absolute atomic E-state index is 0.134. The lowest BCUT2D eigenvalue weighted by Crippen LogP contribution is -2.14. The SMILES string of the molecule is Cc1cc(NC(=O)c2cnc(Nc3ccccc3C#N)cn2)no1. The number of amides is 1. The van der Waals surface area contributed by atoms with Gasteiger partial charge in [-0.15, -0.1) is 0 Å². The van der Waals surface area contributed by atoms with Crippen molar-refractivity contribution in [2.24, 2.45) is 0 Å². The molecule has 1 aromatic carbocycles. The van der Waals surface area contributed by atoms with Crippen LogP contribution in [0, 0.1) is 18.3 Å². The van der Waals surface area contributed by atoms with E-state index in [2.05, 4.69) is 31.8 Å². The summed E-state index contributed by atoms with van der Waals surface area (Å²) in [5, 5.41) is 18.3. The van der Waals surface area contributed by atoms with Crippen LogP contribution in [-0.4, -0.2) is 21.0 Å². The lowest BCUT2D eigenvalue weighted by molar-refractivity contribution is 0.102. The minimum Gasteiger partial charge on any atom is -0.360 e. The third kappa shape index (κ3) is 3.36. The number of hydrogen-bond acceptors (Lipinski definition) is 7. The summed E-state index contributed by atoms with van der Waals surface area (Å²) in [6.07, 6.45) is 2.75. The predicted molar refractivity (Wildman–Crippen MR) is 85.7 cm³/mol. The first-order valence-electron chi connectivity index (χ1n) is 6.98. The second kappa shape index (κ2) is 6.58. The zero-order valence-corrected chi connectivity index (χ0v) is 12.6. The van der Waals surface area contributed by atoms with Crippen LogP contribution in [0.4, 0.5) is 17.3 Å². The molecule has 3 rings (SSSR count). The molecule has 2 heterocycles. The van der Waals surface area contributed by atoms with Crippen molar-refractivity contribution in [1.29, 1.82) is 5.26 Å². The molecule has 0 radical (unpaired) electrons. The van der Waals surface area contributed by atoms with Gasteiger partial charge in [0.2, 0.25) is 0 Å². The van der Waals surface area contributed by atoms with Crippen LogP contribution < -0.4 is 10.6 Å². The van der Waals surface area contributed by atoms with Gasteiger partial charge in [-0.1, -0.05) is 17.3 Å². The molecule has 0 bridgehead atoms. The topological polar surface area (TPSA) is 117 Å². The molecule has 0 fully saturated rings. The molecule has 2 aromatic heterocycles. The molecule has 1 amide bonds. The smallest absolute Gasteiger partial charge is 0.277 e. The van der Waals surface area contributed by atoms with Gasteiger partial charge in [0.25, 0.3) is 5.91 Å². The van der Waals surface area contributed by atoms with Crippen LogP contribution >= 0.6 is 0 Å². The number of carbonyl (C=O) groups is 1. The fourth-order valence-electron chi connectivity index (χ4n) is 1.94. The molecule has 0 saturated heterocycles. The maximum absolute atomic E-state index is 12.0. The van der Waals surface area contributed by atoms with Crippen LogP contribution in [0.25, 0.3) is 0 Å². The van der Waals surface area contributed by atoms with E-state index in [0.29, 0.717) is 28.6 Å². The molecule has 8 heteroatoms. The number of hydrogen-bond donors (Lipinski definition) is 2. The van der Waals surface area contributed by atoms with Gasteiger partial charge in [0, 0.05) is 6.07 Å². The highest BCUT2D eigenvalue weighted by Crippen LogP contribution is 2.18. The maximum Gasteiger partial charge on any atom is 0.277 e. The highest BCUT2D eigenvalue weighted by Gasteiger charge is 2.11. The van der Waals surface area contributed by atoms with Crippen molar-refractivity contribution < 1.29 is 9.32 Å². The van der Waals surface area contributed by atoms with Crippen LogP contribution in [0.15, 0.2) is 47.2 Å². The minimum atomic E-state index is -0.445. The highest BCUT2D eigenvalue weighted by molar-refractivity contribution is 6.02. The van der Waals surface area contributed by atoms with E-state index in [4.69, 9.17) is 9.78 Å². The van der Waals surface area contributed by atoms with E-state index in [1.54, 1.807) is 37.3 Å². The summed E-state index contributed by atoms with van der Waals surface area (Å²) in [6, 6.07) is 10.7. The standard InChI is InChI=1S/C16H12N6O2/c1-10-6-14(22-24-10)21-16(23)13-8-19-15(9-18-13)20-12-5-3-2-4-11(12)7-17/h2-6,8-9H,1H3,(H,19,20)(H,21,22,23). The zero-order valence-electron chi connectivity index (χ0n) is 12.6. The summed E-state index contributed by atoms with van der Waals surface area (Å²) in [5.41, 5.74) is 1.24. The van der Waals surface area contributed by atoms with Crippen molar-refractivity contribution in [3.8, 4) is 6.07 Å². The number of aromatic nitrogens is 3. The number of benzene rings is 1. The van der Waals surface area contributed by atoms with Gasteiger partial charge < -0.3 is 15.2 Å². The van der Waals surface area contributed by atoms with Crippen LogP contribution in [0.5, 0.6) is 0 Å². The molecule has 0 aliphatic heterocycles. The van der Waals surface area contributed by atoms with Crippen molar-refractivity contribution in [2.75, 3.05) is 10.6 Å². The first-order chi connectivity index (χ1) is 11.7. The number of aryl methyl sites for hydroxylation is 1. The lowest BCUT2D eigenvalue weighted by atomic mass is 10.2. The number of carbonyl (C=O) groups excluding carboxylic acids is 1. The molecule has 8 nitrogen and oxygen atoms in total.